The zero-order valence-corrected chi connectivity index (χ0v) is 10.1. The number of hydrogen-bond acceptors (Lipinski definition) is 3. The number of hydrogen-bond donors (Lipinski definition) is 1. The molecule has 4 heteroatoms. The van der Waals surface area contributed by atoms with Gasteiger partial charge >= 0.3 is 5.97 Å². The van der Waals surface area contributed by atoms with Gasteiger partial charge < -0.3 is 9.52 Å². The molecule has 4 nitrogen and oxygen atoms in total. The van der Waals surface area contributed by atoms with Crippen LogP contribution in [-0.4, -0.2) is 29.1 Å². The summed E-state index contributed by atoms with van der Waals surface area (Å²) in [5.74, 6) is -0.942. The van der Waals surface area contributed by atoms with Crippen molar-refractivity contribution in [2.45, 2.75) is 19.4 Å². The fraction of sp³-hybridized carbons (Fsp3) is 0.357. The second-order valence-electron chi connectivity index (χ2n) is 4.73. The standard InChI is InChI=1S/C14H15NO3/c16-14(17)12-5-3-4-11-10(9-18-13(11)12)8-15-6-1-2-7-15/h3-5,9H,1-2,6-8H2,(H,16,17). The molecule has 0 amide bonds. The van der Waals surface area contributed by atoms with Crippen molar-refractivity contribution in [3.05, 3.63) is 35.6 Å². The minimum Gasteiger partial charge on any atom is -0.478 e. The molecule has 1 saturated heterocycles. The zero-order valence-electron chi connectivity index (χ0n) is 10.1. The van der Waals surface area contributed by atoms with Crippen LogP contribution in [0.2, 0.25) is 0 Å². The molecule has 0 spiro atoms. The van der Waals surface area contributed by atoms with Crippen molar-refractivity contribution in [2.24, 2.45) is 0 Å². The first kappa shape index (κ1) is 11.3. The van der Waals surface area contributed by atoms with Gasteiger partial charge in [-0.15, -0.1) is 0 Å². The number of likely N-dealkylation sites (tertiary alicyclic amines) is 1. The first-order valence-corrected chi connectivity index (χ1v) is 6.20. The van der Waals surface area contributed by atoms with E-state index in [2.05, 4.69) is 4.90 Å². The third-order valence-corrected chi connectivity index (χ3v) is 3.50. The van der Waals surface area contributed by atoms with Crippen LogP contribution in [0.4, 0.5) is 0 Å². The van der Waals surface area contributed by atoms with Gasteiger partial charge in [-0.05, 0) is 32.0 Å². The highest BCUT2D eigenvalue weighted by atomic mass is 16.4. The van der Waals surface area contributed by atoms with Crippen LogP contribution in [0.25, 0.3) is 11.0 Å². The number of carboxylic acids is 1. The Kier molecular flexibility index (Phi) is 2.80. The van der Waals surface area contributed by atoms with Crippen LogP contribution >= 0.6 is 0 Å². The number of aromatic carboxylic acids is 1. The summed E-state index contributed by atoms with van der Waals surface area (Å²) in [6.07, 6.45) is 4.18. The molecule has 2 heterocycles. The Morgan fingerprint density at radius 3 is 2.83 bits per heavy atom. The highest BCUT2D eigenvalue weighted by Crippen LogP contribution is 2.26. The topological polar surface area (TPSA) is 53.7 Å². The van der Waals surface area contributed by atoms with E-state index in [1.807, 2.05) is 6.07 Å². The average Bonchev–Trinajstić information content (AvgIpc) is 2.99. The predicted molar refractivity (Wildman–Crippen MR) is 67.7 cm³/mol. The molecule has 1 aliphatic heterocycles. The number of para-hydroxylation sites is 1. The van der Waals surface area contributed by atoms with E-state index >= 15 is 0 Å². The first-order valence-electron chi connectivity index (χ1n) is 6.20. The van der Waals surface area contributed by atoms with E-state index in [1.54, 1.807) is 18.4 Å². The number of nitrogens with zero attached hydrogens (tertiary/aromatic N) is 1. The average molecular weight is 245 g/mol. The Morgan fingerprint density at radius 1 is 1.33 bits per heavy atom. The van der Waals surface area contributed by atoms with Gasteiger partial charge in [0.25, 0.3) is 0 Å². The summed E-state index contributed by atoms with van der Waals surface area (Å²) in [5, 5.41) is 10.0. The summed E-state index contributed by atoms with van der Waals surface area (Å²) < 4.78 is 5.44. The lowest BCUT2D eigenvalue weighted by molar-refractivity contribution is 0.0698. The number of rotatable bonds is 3. The van der Waals surface area contributed by atoms with E-state index in [0.717, 1.165) is 30.6 Å². The van der Waals surface area contributed by atoms with Crippen molar-refractivity contribution in [3.8, 4) is 0 Å². The van der Waals surface area contributed by atoms with Gasteiger partial charge in [-0.3, -0.25) is 4.90 Å². The second kappa shape index (κ2) is 4.46. The SMILES string of the molecule is O=C(O)c1cccc2c(CN3CCCC3)coc12. The fourth-order valence-electron chi connectivity index (χ4n) is 2.58. The smallest absolute Gasteiger partial charge is 0.339 e. The molecule has 0 atom stereocenters. The molecule has 1 fully saturated rings. The molecule has 1 aliphatic rings. The molecule has 0 aliphatic carbocycles. The minimum atomic E-state index is -0.942. The molecule has 18 heavy (non-hydrogen) atoms. The summed E-state index contributed by atoms with van der Waals surface area (Å²) in [5.41, 5.74) is 1.80. The van der Waals surface area contributed by atoms with Crippen LogP contribution in [0.5, 0.6) is 0 Å². The van der Waals surface area contributed by atoms with Crippen molar-refractivity contribution < 1.29 is 14.3 Å². The zero-order chi connectivity index (χ0) is 12.5. The van der Waals surface area contributed by atoms with E-state index in [-0.39, 0.29) is 5.56 Å². The monoisotopic (exact) mass is 245 g/mol. The van der Waals surface area contributed by atoms with Crippen LogP contribution in [0.15, 0.2) is 28.9 Å². The van der Waals surface area contributed by atoms with Crippen molar-refractivity contribution in [1.82, 2.24) is 4.90 Å². The maximum absolute atomic E-state index is 11.1. The lowest BCUT2D eigenvalue weighted by Gasteiger charge is -2.12. The maximum atomic E-state index is 11.1. The van der Waals surface area contributed by atoms with Gasteiger partial charge in [-0.2, -0.15) is 0 Å². The van der Waals surface area contributed by atoms with Gasteiger partial charge in [0, 0.05) is 17.5 Å². The summed E-state index contributed by atoms with van der Waals surface area (Å²) >= 11 is 0. The predicted octanol–water partition coefficient (Wildman–Crippen LogP) is 2.73. The van der Waals surface area contributed by atoms with E-state index in [9.17, 15) is 4.79 Å². The molecule has 0 unspecified atom stereocenters. The second-order valence-corrected chi connectivity index (χ2v) is 4.73. The van der Waals surface area contributed by atoms with Gasteiger partial charge in [0.2, 0.25) is 0 Å². The Morgan fingerprint density at radius 2 is 2.11 bits per heavy atom. The van der Waals surface area contributed by atoms with Crippen molar-refractivity contribution in [1.29, 1.82) is 0 Å². The van der Waals surface area contributed by atoms with E-state index in [4.69, 9.17) is 9.52 Å². The Bertz CT molecular complexity index is 582. The van der Waals surface area contributed by atoms with Gasteiger partial charge in [0.05, 0.1) is 6.26 Å². The summed E-state index contributed by atoms with van der Waals surface area (Å²) in [7, 11) is 0. The summed E-state index contributed by atoms with van der Waals surface area (Å²) in [6.45, 7) is 3.08. The number of furan rings is 1. The molecule has 1 aromatic carbocycles. The largest absolute Gasteiger partial charge is 0.478 e. The Labute approximate surface area is 105 Å². The van der Waals surface area contributed by atoms with Crippen molar-refractivity contribution in [3.63, 3.8) is 0 Å². The fourth-order valence-corrected chi connectivity index (χ4v) is 2.58. The highest BCUT2D eigenvalue weighted by Gasteiger charge is 2.17. The molecule has 94 valence electrons. The number of carbonyl (C=O) groups is 1. The van der Waals surface area contributed by atoms with Crippen LogP contribution in [0, 0.1) is 0 Å². The Balaban J connectivity index is 1.98. The van der Waals surface area contributed by atoms with Crippen molar-refractivity contribution in [2.75, 3.05) is 13.1 Å². The highest BCUT2D eigenvalue weighted by molar-refractivity contribution is 6.01. The van der Waals surface area contributed by atoms with Gasteiger partial charge in [0.1, 0.15) is 11.1 Å². The number of carboxylic acid groups (broad SMARTS) is 1. The normalized spacial score (nSPS) is 16.4. The first-order chi connectivity index (χ1) is 8.75. The lowest BCUT2D eigenvalue weighted by Crippen LogP contribution is -2.17. The van der Waals surface area contributed by atoms with Gasteiger partial charge in [0.15, 0.2) is 0 Å². The van der Waals surface area contributed by atoms with Gasteiger partial charge in [-0.25, -0.2) is 4.79 Å². The quantitative estimate of drug-likeness (QED) is 0.903. The van der Waals surface area contributed by atoms with Crippen LogP contribution < -0.4 is 0 Å². The molecule has 0 radical (unpaired) electrons. The minimum absolute atomic E-state index is 0.236. The number of fused-ring (bicyclic) bond motifs is 1. The van der Waals surface area contributed by atoms with Crippen molar-refractivity contribution >= 4 is 16.9 Å². The van der Waals surface area contributed by atoms with Crippen LogP contribution in [0.3, 0.4) is 0 Å². The van der Waals surface area contributed by atoms with E-state index in [0.29, 0.717) is 5.58 Å². The number of benzene rings is 1. The molecule has 0 bridgehead atoms. The maximum Gasteiger partial charge on any atom is 0.339 e. The summed E-state index contributed by atoms with van der Waals surface area (Å²) in [6, 6.07) is 5.28. The molecule has 1 N–H and O–H groups in total. The molecule has 1 aromatic heterocycles. The molecule has 0 saturated carbocycles. The van der Waals surface area contributed by atoms with E-state index < -0.39 is 5.97 Å². The third kappa shape index (κ3) is 1.88. The van der Waals surface area contributed by atoms with Crippen LogP contribution in [-0.2, 0) is 6.54 Å². The lowest BCUT2D eigenvalue weighted by atomic mass is 10.1. The molecule has 2 aromatic rings. The third-order valence-electron chi connectivity index (χ3n) is 3.50. The van der Waals surface area contributed by atoms with Gasteiger partial charge in [-0.1, -0.05) is 12.1 Å². The molecular weight excluding hydrogens is 230 g/mol. The Hall–Kier alpha value is -1.81. The molecule has 3 rings (SSSR count). The van der Waals surface area contributed by atoms with E-state index in [1.165, 1.54) is 12.8 Å². The summed E-state index contributed by atoms with van der Waals surface area (Å²) in [4.78, 5) is 13.5. The van der Waals surface area contributed by atoms with Crippen LogP contribution in [0.1, 0.15) is 28.8 Å². The molecular formula is C14H15NO3.